The van der Waals surface area contributed by atoms with Gasteiger partial charge in [0, 0.05) is 28.4 Å². The fourth-order valence-electron chi connectivity index (χ4n) is 3.42. The Labute approximate surface area is 187 Å². The zero-order valence-corrected chi connectivity index (χ0v) is 17.8. The van der Waals surface area contributed by atoms with Crippen LogP contribution in [0.3, 0.4) is 0 Å². The lowest BCUT2D eigenvalue weighted by Crippen LogP contribution is -2.40. The first-order valence-electron chi connectivity index (χ1n) is 9.77. The van der Waals surface area contributed by atoms with E-state index in [2.05, 4.69) is 15.2 Å². The van der Waals surface area contributed by atoms with Crippen LogP contribution < -0.4 is 4.74 Å². The molecule has 0 spiro atoms. The SMILES string of the molecule is C[C@@H](n1cc(COc2ccc(Cl)cc2)cn1)[C@](O)(Cn1cncn1)c1ccc(F)cc1F. The summed E-state index contributed by atoms with van der Waals surface area (Å²) >= 11 is 5.88. The molecule has 7 nitrogen and oxygen atoms in total. The predicted molar refractivity (Wildman–Crippen MR) is 113 cm³/mol. The zero-order chi connectivity index (χ0) is 22.7. The van der Waals surface area contributed by atoms with Gasteiger partial charge in [-0.1, -0.05) is 17.7 Å². The highest BCUT2D eigenvalue weighted by Gasteiger charge is 2.40. The van der Waals surface area contributed by atoms with Gasteiger partial charge < -0.3 is 9.84 Å². The Balaban J connectivity index is 1.59. The molecule has 10 heteroatoms. The highest BCUT2D eigenvalue weighted by atomic mass is 35.5. The topological polar surface area (TPSA) is 78.0 Å². The molecule has 166 valence electrons. The molecule has 32 heavy (non-hydrogen) atoms. The number of ether oxygens (including phenoxy) is 1. The van der Waals surface area contributed by atoms with E-state index in [1.165, 1.54) is 28.1 Å². The molecule has 0 saturated heterocycles. The first-order chi connectivity index (χ1) is 15.3. The van der Waals surface area contributed by atoms with Gasteiger partial charge in [0.25, 0.3) is 0 Å². The lowest BCUT2D eigenvalue weighted by atomic mass is 9.86. The predicted octanol–water partition coefficient (Wildman–Crippen LogP) is 4.13. The Kier molecular flexibility index (Phi) is 6.20. The van der Waals surface area contributed by atoms with E-state index < -0.39 is 23.3 Å². The molecule has 2 aromatic carbocycles. The number of halogens is 3. The number of hydrogen-bond donors (Lipinski definition) is 1. The second-order valence-electron chi connectivity index (χ2n) is 7.39. The normalized spacial score (nSPS) is 14.2. The van der Waals surface area contributed by atoms with Crippen LogP contribution in [0.1, 0.15) is 24.1 Å². The molecule has 0 aliphatic rings. The number of hydrogen-bond acceptors (Lipinski definition) is 5. The summed E-state index contributed by atoms with van der Waals surface area (Å²) in [5, 5.41) is 20.6. The third kappa shape index (κ3) is 4.63. The van der Waals surface area contributed by atoms with Crippen LogP contribution in [0.5, 0.6) is 5.75 Å². The third-order valence-electron chi connectivity index (χ3n) is 5.23. The average molecular weight is 460 g/mol. The van der Waals surface area contributed by atoms with Gasteiger partial charge in [-0.2, -0.15) is 10.2 Å². The Bertz CT molecular complexity index is 1180. The van der Waals surface area contributed by atoms with E-state index in [1.54, 1.807) is 43.6 Å². The minimum atomic E-state index is -1.80. The summed E-state index contributed by atoms with van der Waals surface area (Å²) in [6.07, 6.45) is 6.03. The van der Waals surface area contributed by atoms with Crippen LogP contribution in [-0.2, 0) is 18.8 Å². The molecule has 2 aromatic heterocycles. The van der Waals surface area contributed by atoms with Crippen molar-refractivity contribution in [3.05, 3.63) is 95.3 Å². The first-order valence-corrected chi connectivity index (χ1v) is 10.1. The van der Waals surface area contributed by atoms with Crippen molar-refractivity contribution < 1.29 is 18.6 Å². The molecular weight excluding hydrogens is 440 g/mol. The van der Waals surface area contributed by atoms with Gasteiger partial charge in [0.15, 0.2) is 0 Å². The van der Waals surface area contributed by atoms with Gasteiger partial charge in [0.05, 0.1) is 18.8 Å². The van der Waals surface area contributed by atoms with Gasteiger partial charge in [0.2, 0.25) is 0 Å². The van der Waals surface area contributed by atoms with Crippen LogP contribution in [0, 0.1) is 11.6 Å². The summed E-state index contributed by atoms with van der Waals surface area (Å²) in [5.74, 6) is -0.952. The van der Waals surface area contributed by atoms with Gasteiger partial charge >= 0.3 is 0 Å². The number of aromatic nitrogens is 5. The van der Waals surface area contributed by atoms with Crippen molar-refractivity contribution in [3.8, 4) is 5.75 Å². The minimum absolute atomic E-state index is 0.0728. The van der Waals surface area contributed by atoms with E-state index >= 15 is 0 Å². The Morgan fingerprint density at radius 3 is 2.62 bits per heavy atom. The summed E-state index contributed by atoms with van der Waals surface area (Å²) in [4.78, 5) is 3.87. The third-order valence-corrected chi connectivity index (χ3v) is 5.48. The fraction of sp³-hybridized carbons (Fsp3) is 0.227. The first kappa shape index (κ1) is 21.9. The van der Waals surface area contributed by atoms with Gasteiger partial charge in [-0.3, -0.25) is 4.68 Å². The van der Waals surface area contributed by atoms with Gasteiger partial charge in [-0.15, -0.1) is 0 Å². The Morgan fingerprint density at radius 1 is 1.16 bits per heavy atom. The number of benzene rings is 2. The minimum Gasteiger partial charge on any atom is -0.489 e. The highest BCUT2D eigenvalue weighted by Crippen LogP contribution is 2.36. The van der Waals surface area contributed by atoms with E-state index in [4.69, 9.17) is 16.3 Å². The second-order valence-corrected chi connectivity index (χ2v) is 7.83. The van der Waals surface area contributed by atoms with E-state index in [0.29, 0.717) is 10.8 Å². The maximum atomic E-state index is 14.7. The maximum absolute atomic E-state index is 14.7. The van der Waals surface area contributed by atoms with Crippen molar-refractivity contribution in [3.63, 3.8) is 0 Å². The smallest absolute Gasteiger partial charge is 0.137 e. The fourth-order valence-corrected chi connectivity index (χ4v) is 3.55. The van der Waals surface area contributed by atoms with E-state index in [0.717, 1.165) is 17.7 Å². The van der Waals surface area contributed by atoms with Crippen molar-refractivity contribution >= 4 is 11.6 Å². The highest BCUT2D eigenvalue weighted by molar-refractivity contribution is 6.30. The molecule has 2 atom stereocenters. The molecule has 4 rings (SSSR count). The quantitative estimate of drug-likeness (QED) is 0.428. The molecule has 4 aromatic rings. The second kappa shape index (κ2) is 9.05. The molecule has 0 amide bonds. The summed E-state index contributed by atoms with van der Waals surface area (Å²) in [6.45, 7) is 1.81. The molecule has 0 unspecified atom stereocenters. The van der Waals surface area contributed by atoms with Crippen molar-refractivity contribution in [2.75, 3.05) is 0 Å². The number of aliphatic hydroxyl groups is 1. The summed E-state index contributed by atoms with van der Waals surface area (Å²) < 4.78 is 36.8. The van der Waals surface area contributed by atoms with Crippen LogP contribution in [0.15, 0.2) is 67.5 Å². The monoisotopic (exact) mass is 459 g/mol. The van der Waals surface area contributed by atoms with Gasteiger partial charge in [0.1, 0.15) is 42.2 Å². The molecule has 0 fully saturated rings. The summed E-state index contributed by atoms with van der Waals surface area (Å²) in [7, 11) is 0. The standard InChI is InChI=1S/C22H20ClF2N5O2/c1-15(30-10-16(9-27-30)11-32-19-5-2-17(23)3-6-19)22(31,12-29-14-26-13-28-29)20-7-4-18(24)8-21(20)25/h2-10,13-15,31H,11-12H2,1H3/t15-,22-/m1/s1. The van der Waals surface area contributed by atoms with Crippen LogP contribution >= 0.6 is 11.6 Å². The van der Waals surface area contributed by atoms with E-state index in [1.807, 2.05) is 0 Å². The molecule has 0 saturated carbocycles. The molecular formula is C22H20ClF2N5O2. The van der Waals surface area contributed by atoms with Crippen molar-refractivity contribution in [1.82, 2.24) is 24.5 Å². The molecule has 0 aliphatic heterocycles. The van der Waals surface area contributed by atoms with Crippen LogP contribution in [-0.4, -0.2) is 29.7 Å². The molecule has 1 N–H and O–H groups in total. The van der Waals surface area contributed by atoms with Crippen LogP contribution in [0.4, 0.5) is 8.78 Å². The Hall–Kier alpha value is -3.30. The van der Waals surface area contributed by atoms with Crippen LogP contribution in [0.25, 0.3) is 0 Å². The average Bonchev–Trinajstić information content (AvgIpc) is 3.44. The van der Waals surface area contributed by atoms with Gasteiger partial charge in [-0.05, 0) is 37.3 Å². The number of rotatable bonds is 8. The maximum Gasteiger partial charge on any atom is 0.137 e. The van der Waals surface area contributed by atoms with E-state index in [-0.39, 0.29) is 18.7 Å². The molecule has 0 radical (unpaired) electrons. The molecule has 0 aliphatic carbocycles. The lowest BCUT2D eigenvalue weighted by Gasteiger charge is -2.34. The summed E-state index contributed by atoms with van der Waals surface area (Å²) in [5.41, 5.74) is -1.13. The Morgan fingerprint density at radius 2 is 1.94 bits per heavy atom. The lowest BCUT2D eigenvalue weighted by molar-refractivity contribution is -0.0369. The summed E-state index contributed by atoms with van der Waals surface area (Å²) in [6, 6.07) is 9.29. The van der Waals surface area contributed by atoms with E-state index in [9.17, 15) is 13.9 Å². The van der Waals surface area contributed by atoms with Crippen molar-refractivity contribution in [2.24, 2.45) is 0 Å². The number of nitrogens with zero attached hydrogens (tertiary/aromatic N) is 5. The van der Waals surface area contributed by atoms with Crippen molar-refractivity contribution in [1.29, 1.82) is 0 Å². The largest absolute Gasteiger partial charge is 0.489 e. The van der Waals surface area contributed by atoms with Crippen LogP contribution in [0.2, 0.25) is 5.02 Å². The molecule has 2 heterocycles. The van der Waals surface area contributed by atoms with Gasteiger partial charge in [-0.25, -0.2) is 18.4 Å². The molecule has 0 bridgehead atoms. The zero-order valence-electron chi connectivity index (χ0n) is 17.1. The van der Waals surface area contributed by atoms with Crippen molar-refractivity contribution in [2.45, 2.75) is 31.7 Å².